The molecule has 0 atom stereocenters. The summed E-state index contributed by atoms with van der Waals surface area (Å²) in [4.78, 5) is 27.5. The van der Waals surface area contributed by atoms with Gasteiger partial charge in [-0.1, -0.05) is 17.7 Å². The SMILES string of the molecule is Nc1ncnc2ccc(-c3ccc(CNc4ncccc4C(=O)Nc4ccc(Cl)c(F)c4)s3)cc12. The highest BCUT2D eigenvalue weighted by Crippen LogP contribution is 2.31. The number of pyridine rings is 1. The van der Waals surface area contributed by atoms with Gasteiger partial charge in [0, 0.05) is 27.0 Å². The zero-order chi connectivity index (χ0) is 24.4. The lowest BCUT2D eigenvalue weighted by Crippen LogP contribution is -2.15. The molecule has 0 radical (unpaired) electrons. The van der Waals surface area contributed by atoms with E-state index in [0.29, 0.717) is 29.4 Å². The van der Waals surface area contributed by atoms with Crippen LogP contribution in [-0.2, 0) is 6.54 Å². The molecule has 0 fully saturated rings. The van der Waals surface area contributed by atoms with Crippen molar-refractivity contribution in [2.75, 3.05) is 16.4 Å². The summed E-state index contributed by atoms with van der Waals surface area (Å²) in [5.41, 5.74) is 8.45. The maximum atomic E-state index is 13.7. The van der Waals surface area contributed by atoms with E-state index in [9.17, 15) is 9.18 Å². The maximum absolute atomic E-state index is 13.7. The number of nitrogens with one attached hydrogen (secondary N) is 2. The Balaban J connectivity index is 1.31. The molecule has 0 aliphatic rings. The van der Waals surface area contributed by atoms with Crippen molar-refractivity contribution >= 4 is 57.1 Å². The largest absolute Gasteiger partial charge is 0.383 e. The highest BCUT2D eigenvalue weighted by atomic mass is 35.5. The summed E-state index contributed by atoms with van der Waals surface area (Å²) in [5, 5.41) is 6.69. The van der Waals surface area contributed by atoms with Gasteiger partial charge in [-0.2, -0.15) is 0 Å². The zero-order valence-electron chi connectivity index (χ0n) is 18.1. The van der Waals surface area contributed by atoms with Crippen molar-refractivity contribution in [1.29, 1.82) is 0 Å². The van der Waals surface area contributed by atoms with E-state index in [1.807, 2.05) is 30.3 Å². The minimum atomic E-state index is -0.607. The molecule has 2 aromatic carbocycles. The number of carbonyl (C=O) groups is 1. The lowest BCUT2D eigenvalue weighted by Gasteiger charge is -2.11. The molecule has 10 heteroatoms. The van der Waals surface area contributed by atoms with Crippen LogP contribution in [0.3, 0.4) is 0 Å². The molecule has 3 heterocycles. The van der Waals surface area contributed by atoms with E-state index in [2.05, 4.69) is 25.6 Å². The number of halogens is 2. The average Bonchev–Trinajstić information content (AvgIpc) is 3.34. The maximum Gasteiger partial charge on any atom is 0.259 e. The average molecular weight is 505 g/mol. The minimum Gasteiger partial charge on any atom is -0.383 e. The van der Waals surface area contributed by atoms with Gasteiger partial charge in [-0.15, -0.1) is 11.3 Å². The number of aromatic nitrogens is 3. The highest BCUT2D eigenvalue weighted by Gasteiger charge is 2.14. The summed E-state index contributed by atoms with van der Waals surface area (Å²) in [6, 6.07) is 17.4. The number of nitrogens with zero attached hydrogens (tertiary/aromatic N) is 3. The van der Waals surface area contributed by atoms with Crippen molar-refractivity contribution in [3.05, 3.63) is 94.5 Å². The Hall–Kier alpha value is -4.08. The second-order valence-corrected chi connectivity index (χ2v) is 9.17. The number of hydrogen-bond acceptors (Lipinski definition) is 7. The number of amides is 1. The van der Waals surface area contributed by atoms with Crippen molar-refractivity contribution in [1.82, 2.24) is 15.0 Å². The highest BCUT2D eigenvalue weighted by molar-refractivity contribution is 7.15. The van der Waals surface area contributed by atoms with Crippen molar-refractivity contribution in [3.8, 4) is 10.4 Å². The van der Waals surface area contributed by atoms with E-state index in [1.54, 1.807) is 29.7 Å². The first-order valence-electron chi connectivity index (χ1n) is 10.5. The fourth-order valence-corrected chi connectivity index (χ4v) is 4.59. The standard InChI is InChI=1S/C25H18ClFN6OS/c26-19-6-4-15(11-20(19)27)33-25(34)17-2-1-9-29-24(17)30-12-16-5-8-22(35-16)14-3-7-21-18(10-14)23(28)32-13-31-21/h1-11,13H,12H2,(H,29,30)(H,33,34)(H2,28,31,32). The number of benzene rings is 2. The zero-order valence-corrected chi connectivity index (χ0v) is 19.7. The summed E-state index contributed by atoms with van der Waals surface area (Å²) < 4.78 is 13.7. The molecule has 35 heavy (non-hydrogen) atoms. The van der Waals surface area contributed by atoms with Gasteiger partial charge in [0.25, 0.3) is 5.91 Å². The molecule has 0 aliphatic carbocycles. The molecule has 5 aromatic rings. The molecular formula is C25H18ClFN6OS. The topological polar surface area (TPSA) is 106 Å². The molecule has 0 unspecified atom stereocenters. The molecule has 7 nitrogen and oxygen atoms in total. The van der Waals surface area contributed by atoms with Gasteiger partial charge >= 0.3 is 0 Å². The van der Waals surface area contributed by atoms with Gasteiger partial charge in [-0.05, 0) is 60.2 Å². The summed E-state index contributed by atoms with van der Waals surface area (Å²) in [6.45, 7) is 0.469. The van der Waals surface area contributed by atoms with Crippen molar-refractivity contribution in [2.45, 2.75) is 6.54 Å². The molecular weight excluding hydrogens is 487 g/mol. The first-order chi connectivity index (χ1) is 17.0. The van der Waals surface area contributed by atoms with E-state index < -0.39 is 11.7 Å². The number of nitrogens with two attached hydrogens (primary N) is 1. The third-order valence-corrected chi connectivity index (χ3v) is 6.71. The molecule has 0 saturated carbocycles. The number of hydrogen-bond donors (Lipinski definition) is 3. The third-order valence-electron chi connectivity index (χ3n) is 5.27. The fourth-order valence-electron chi connectivity index (χ4n) is 3.53. The summed E-state index contributed by atoms with van der Waals surface area (Å²) >= 11 is 7.33. The molecule has 3 aromatic heterocycles. The van der Waals surface area contributed by atoms with Crippen LogP contribution in [0.1, 0.15) is 15.2 Å². The van der Waals surface area contributed by atoms with Gasteiger partial charge in [-0.25, -0.2) is 19.3 Å². The number of carbonyl (C=O) groups excluding carboxylic acids is 1. The quantitative estimate of drug-likeness (QED) is 0.262. The fraction of sp³-hybridized carbons (Fsp3) is 0.0400. The van der Waals surface area contributed by atoms with Crippen LogP contribution in [0.5, 0.6) is 0 Å². The Bertz CT molecular complexity index is 1560. The molecule has 0 bridgehead atoms. The molecule has 1 amide bonds. The lowest BCUT2D eigenvalue weighted by atomic mass is 10.1. The van der Waals surface area contributed by atoms with E-state index in [-0.39, 0.29) is 5.02 Å². The molecule has 0 aliphatic heterocycles. The second-order valence-electron chi connectivity index (χ2n) is 7.59. The van der Waals surface area contributed by atoms with Crippen LogP contribution in [0.4, 0.5) is 21.7 Å². The number of thiophene rings is 1. The van der Waals surface area contributed by atoms with Crippen LogP contribution in [-0.4, -0.2) is 20.9 Å². The van der Waals surface area contributed by atoms with Gasteiger partial charge in [0.05, 0.1) is 22.6 Å². The monoisotopic (exact) mass is 504 g/mol. The lowest BCUT2D eigenvalue weighted by molar-refractivity contribution is 0.102. The molecule has 174 valence electrons. The van der Waals surface area contributed by atoms with Crippen LogP contribution < -0.4 is 16.4 Å². The van der Waals surface area contributed by atoms with Crippen LogP contribution >= 0.6 is 22.9 Å². The number of rotatable bonds is 6. The molecule has 0 saturated heterocycles. The summed E-state index contributed by atoms with van der Waals surface area (Å²) in [7, 11) is 0. The predicted octanol–water partition coefficient (Wildman–Crippen LogP) is 5.99. The van der Waals surface area contributed by atoms with E-state index >= 15 is 0 Å². The number of nitrogen functional groups attached to an aromatic ring is 1. The predicted molar refractivity (Wildman–Crippen MR) is 138 cm³/mol. The molecule has 5 rings (SSSR count). The van der Waals surface area contributed by atoms with Crippen LogP contribution in [0.15, 0.2) is 73.2 Å². The first-order valence-corrected chi connectivity index (χ1v) is 11.7. The smallest absolute Gasteiger partial charge is 0.259 e. The summed E-state index contributed by atoms with van der Waals surface area (Å²) in [6.07, 6.45) is 3.05. The third kappa shape index (κ3) is 4.91. The van der Waals surface area contributed by atoms with Gasteiger partial charge in [0.1, 0.15) is 23.8 Å². The Morgan fingerprint density at radius 3 is 2.80 bits per heavy atom. The van der Waals surface area contributed by atoms with Crippen LogP contribution in [0.2, 0.25) is 5.02 Å². The van der Waals surface area contributed by atoms with E-state index in [1.165, 1.54) is 24.5 Å². The van der Waals surface area contributed by atoms with E-state index in [0.717, 1.165) is 26.2 Å². The second kappa shape index (κ2) is 9.65. The normalized spacial score (nSPS) is 10.9. The van der Waals surface area contributed by atoms with Crippen molar-refractivity contribution in [2.24, 2.45) is 0 Å². The van der Waals surface area contributed by atoms with Gasteiger partial charge < -0.3 is 16.4 Å². The van der Waals surface area contributed by atoms with E-state index in [4.69, 9.17) is 17.3 Å². The first kappa shape index (κ1) is 22.7. The van der Waals surface area contributed by atoms with Crippen LogP contribution in [0, 0.1) is 5.82 Å². The Morgan fingerprint density at radius 1 is 1.06 bits per heavy atom. The Kier molecular flexibility index (Phi) is 6.26. The van der Waals surface area contributed by atoms with Gasteiger partial charge in [0.15, 0.2) is 0 Å². The van der Waals surface area contributed by atoms with Gasteiger partial charge in [0.2, 0.25) is 0 Å². The van der Waals surface area contributed by atoms with Crippen molar-refractivity contribution in [3.63, 3.8) is 0 Å². The van der Waals surface area contributed by atoms with Crippen molar-refractivity contribution < 1.29 is 9.18 Å². The minimum absolute atomic E-state index is 0.0115. The Morgan fingerprint density at radius 2 is 1.94 bits per heavy atom. The molecule has 0 spiro atoms. The number of anilines is 3. The number of fused-ring (bicyclic) bond motifs is 1. The van der Waals surface area contributed by atoms with Gasteiger partial charge in [-0.3, -0.25) is 4.79 Å². The van der Waals surface area contributed by atoms with Crippen LogP contribution in [0.25, 0.3) is 21.3 Å². The molecule has 4 N–H and O–H groups in total. The summed E-state index contributed by atoms with van der Waals surface area (Å²) in [5.74, 6) is -0.156. The Labute approximate surface area is 208 Å².